The Hall–Kier alpha value is -1.71. The Bertz CT molecular complexity index is 364. The third kappa shape index (κ3) is 7.59. The molecular weight excluding hydrogens is 280 g/mol. The van der Waals surface area contributed by atoms with Gasteiger partial charge in [-0.15, -0.1) is 0 Å². The molecular formula is C12H24N4O5. The maximum atomic E-state index is 12.0. The van der Waals surface area contributed by atoms with E-state index in [9.17, 15) is 14.4 Å². The smallest absolute Gasteiger partial charge is 0.325 e. The fourth-order valence-electron chi connectivity index (χ4n) is 1.50. The third-order valence-corrected chi connectivity index (χ3v) is 2.84. The molecule has 8 N–H and O–H groups in total. The molecule has 0 spiro atoms. The first-order valence-electron chi connectivity index (χ1n) is 6.73. The third-order valence-electron chi connectivity index (χ3n) is 2.84. The topological polar surface area (TPSA) is 168 Å². The average Bonchev–Trinajstić information content (AvgIpc) is 2.44. The molecule has 122 valence electrons. The Balaban J connectivity index is 4.67. The van der Waals surface area contributed by atoms with Crippen LogP contribution < -0.4 is 22.1 Å². The highest BCUT2D eigenvalue weighted by atomic mass is 16.4. The lowest BCUT2D eigenvalue weighted by Gasteiger charge is -2.21. The molecule has 0 fully saturated rings. The van der Waals surface area contributed by atoms with E-state index < -0.39 is 42.5 Å². The van der Waals surface area contributed by atoms with Gasteiger partial charge in [-0.3, -0.25) is 14.4 Å². The molecule has 0 rings (SSSR count). The van der Waals surface area contributed by atoms with Crippen molar-refractivity contribution < 1.29 is 24.6 Å². The highest BCUT2D eigenvalue weighted by Crippen LogP contribution is 2.02. The van der Waals surface area contributed by atoms with E-state index in [4.69, 9.17) is 21.7 Å². The van der Waals surface area contributed by atoms with Gasteiger partial charge in [-0.1, -0.05) is 0 Å². The molecule has 3 atom stereocenters. The summed E-state index contributed by atoms with van der Waals surface area (Å²) >= 11 is 0. The molecule has 3 unspecified atom stereocenters. The van der Waals surface area contributed by atoms with Crippen molar-refractivity contribution in [3.8, 4) is 0 Å². The van der Waals surface area contributed by atoms with Crippen molar-refractivity contribution in [1.82, 2.24) is 10.6 Å². The number of nitrogens with two attached hydrogens (primary N) is 2. The molecule has 0 bridgehead atoms. The van der Waals surface area contributed by atoms with Crippen molar-refractivity contribution in [3.05, 3.63) is 0 Å². The van der Waals surface area contributed by atoms with Gasteiger partial charge in [0.15, 0.2) is 0 Å². The summed E-state index contributed by atoms with van der Waals surface area (Å²) in [5.74, 6) is -2.46. The minimum Gasteiger partial charge on any atom is -0.480 e. The molecule has 0 heterocycles. The second kappa shape index (κ2) is 10.1. The van der Waals surface area contributed by atoms with Gasteiger partial charge in [0.1, 0.15) is 18.1 Å². The lowest BCUT2D eigenvalue weighted by atomic mass is 10.1. The zero-order valence-electron chi connectivity index (χ0n) is 12.0. The van der Waals surface area contributed by atoms with E-state index in [-0.39, 0.29) is 0 Å². The monoisotopic (exact) mass is 304 g/mol. The lowest BCUT2D eigenvalue weighted by Crippen LogP contribution is -2.54. The second-order valence-electron chi connectivity index (χ2n) is 4.70. The summed E-state index contributed by atoms with van der Waals surface area (Å²) in [6, 6.07) is -3.12. The Kier molecular flexibility index (Phi) is 9.26. The van der Waals surface area contributed by atoms with E-state index in [0.717, 1.165) is 0 Å². The molecule has 9 nitrogen and oxygen atoms in total. The minimum atomic E-state index is -1.18. The van der Waals surface area contributed by atoms with E-state index >= 15 is 0 Å². The van der Waals surface area contributed by atoms with Gasteiger partial charge in [0.25, 0.3) is 0 Å². The fraction of sp³-hybridized carbons (Fsp3) is 0.750. The molecule has 21 heavy (non-hydrogen) atoms. The first-order valence-corrected chi connectivity index (χ1v) is 6.73. The molecule has 2 amide bonds. The Labute approximate surface area is 123 Å². The quantitative estimate of drug-likeness (QED) is 0.243. The van der Waals surface area contributed by atoms with Gasteiger partial charge in [0, 0.05) is 0 Å². The largest absolute Gasteiger partial charge is 0.480 e. The Morgan fingerprint density at radius 1 is 1.14 bits per heavy atom. The maximum Gasteiger partial charge on any atom is 0.325 e. The fourth-order valence-corrected chi connectivity index (χ4v) is 1.50. The van der Waals surface area contributed by atoms with E-state index in [1.165, 1.54) is 6.92 Å². The number of rotatable bonds is 10. The molecule has 0 saturated carbocycles. The SMILES string of the molecule is CC(NC(=O)C(CCCCN)NC(=O)C(N)CO)C(=O)O. The molecule has 0 aromatic heterocycles. The Morgan fingerprint density at radius 3 is 2.24 bits per heavy atom. The van der Waals surface area contributed by atoms with Crippen molar-refractivity contribution in [1.29, 1.82) is 0 Å². The van der Waals surface area contributed by atoms with E-state index in [1.54, 1.807) is 0 Å². The molecule has 0 aliphatic rings. The highest BCUT2D eigenvalue weighted by molar-refractivity contribution is 5.91. The summed E-state index contributed by atoms with van der Waals surface area (Å²) in [6.07, 6.45) is 1.56. The predicted octanol–water partition coefficient (Wildman–Crippen LogP) is -2.49. The van der Waals surface area contributed by atoms with Crippen LogP contribution in [0, 0.1) is 0 Å². The zero-order valence-corrected chi connectivity index (χ0v) is 12.0. The molecule has 0 aromatic carbocycles. The van der Waals surface area contributed by atoms with Crippen LogP contribution in [-0.4, -0.2) is 59.3 Å². The summed E-state index contributed by atoms with van der Waals surface area (Å²) in [4.78, 5) is 34.3. The summed E-state index contributed by atoms with van der Waals surface area (Å²) in [5.41, 5.74) is 10.7. The molecule has 0 radical (unpaired) electrons. The number of carbonyl (C=O) groups is 3. The summed E-state index contributed by atoms with van der Waals surface area (Å²) < 4.78 is 0. The van der Waals surface area contributed by atoms with Gasteiger partial charge in [-0.25, -0.2) is 0 Å². The zero-order chi connectivity index (χ0) is 16.4. The first-order chi connectivity index (χ1) is 9.83. The molecule has 0 aliphatic carbocycles. The molecule has 9 heteroatoms. The van der Waals surface area contributed by atoms with Gasteiger partial charge >= 0.3 is 5.97 Å². The standard InChI is InChI=1S/C12H24N4O5/c1-7(12(20)21)15-11(19)9(4-2-3-5-13)16-10(18)8(14)6-17/h7-9,17H,2-6,13-14H2,1H3,(H,15,19)(H,16,18)(H,20,21). The van der Waals surface area contributed by atoms with Crippen LogP contribution in [0.15, 0.2) is 0 Å². The minimum absolute atomic E-state index is 0.305. The molecule has 0 aliphatic heterocycles. The molecule has 0 aromatic rings. The van der Waals surface area contributed by atoms with Crippen molar-refractivity contribution in [2.75, 3.05) is 13.2 Å². The number of carbonyl (C=O) groups excluding carboxylic acids is 2. The number of hydrogen-bond donors (Lipinski definition) is 6. The first kappa shape index (κ1) is 19.3. The van der Waals surface area contributed by atoms with Crippen molar-refractivity contribution >= 4 is 17.8 Å². The van der Waals surface area contributed by atoms with Crippen LogP contribution in [-0.2, 0) is 14.4 Å². The van der Waals surface area contributed by atoms with Crippen LogP contribution >= 0.6 is 0 Å². The number of aliphatic hydroxyl groups excluding tert-OH is 1. The van der Waals surface area contributed by atoms with Crippen LogP contribution in [0.3, 0.4) is 0 Å². The number of aliphatic carboxylic acids is 1. The normalized spacial score (nSPS) is 14.9. The lowest BCUT2D eigenvalue weighted by molar-refractivity contribution is -0.141. The number of aliphatic hydroxyl groups is 1. The van der Waals surface area contributed by atoms with Crippen LogP contribution in [0.25, 0.3) is 0 Å². The highest BCUT2D eigenvalue weighted by Gasteiger charge is 2.25. The number of amides is 2. The summed E-state index contributed by atoms with van der Waals surface area (Å²) in [5, 5.41) is 22.3. The number of hydrogen-bond acceptors (Lipinski definition) is 6. The van der Waals surface area contributed by atoms with Gasteiger partial charge in [0.05, 0.1) is 6.61 Å². The van der Waals surface area contributed by atoms with Crippen LogP contribution in [0.2, 0.25) is 0 Å². The van der Waals surface area contributed by atoms with Crippen molar-refractivity contribution in [2.24, 2.45) is 11.5 Å². The number of carboxylic acids is 1. The van der Waals surface area contributed by atoms with Crippen molar-refractivity contribution in [2.45, 2.75) is 44.3 Å². The number of nitrogens with one attached hydrogen (secondary N) is 2. The van der Waals surface area contributed by atoms with Gasteiger partial charge in [-0.2, -0.15) is 0 Å². The second-order valence-corrected chi connectivity index (χ2v) is 4.70. The number of carboxylic acid groups (broad SMARTS) is 1. The number of unbranched alkanes of at least 4 members (excludes halogenated alkanes) is 1. The van der Waals surface area contributed by atoms with Crippen LogP contribution in [0.5, 0.6) is 0 Å². The van der Waals surface area contributed by atoms with Gasteiger partial charge < -0.3 is 32.3 Å². The summed E-state index contributed by atoms with van der Waals surface area (Å²) in [6.45, 7) is 1.22. The van der Waals surface area contributed by atoms with E-state index in [2.05, 4.69) is 10.6 Å². The average molecular weight is 304 g/mol. The molecule has 0 saturated heterocycles. The van der Waals surface area contributed by atoms with E-state index in [1.807, 2.05) is 0 Å². The van der Waals surface area contributed by atoms with Crippen molar-refractivity contribution in [3.63, 3.8) is 0 Å². The van der Waals surface area contributed by atoms with E-state index in [0.29, 0.717) is 25.8 Å². The maximum absolute atomic E-state index is 12.0. The predicted molar refractivity (Wildman–Crippen MR) is 75.1 cm³/mol. The van der Waals surface area contributed by atoms with Gasteiger partial charge in [-0.05, 0) is 32.7 Å². The van der Waals surface area contributed by atoms with Crippen LogP contribution in [0.1, 0.15) is 26.2 Å². The van der Waals surface area contributed by atoms with Crippen LogP contribution in [0.4, 0.5) is 0 Å². The van der Waals surface area contributed by atoms with Gasteiger partial charge in [0.2, 0.25) is 11.8 Å². The Morgan fingerprint density at radius 2 is 1.76 bits per heavy atom. The summed E-state index contributed by atoms with van der Waals surface area (Å²) in [7, 11) is 0.